The van der Waals surface area contributed by atoms with E-state index in [1.54, 1.807) is 43.3 Å². The average Bonchev–Trinajstić information content (AvgIpc) is 2.46. The maximum atomic E-state index is 12.4. The highest BCUT2D eigenvalue weighted by molar-refractivity contribution is 7.89. The van der Waals surface area contributed by atoms with Gasteiger partial charge in [0.25, 0.3) is 0 Å². The van der Waals surface area contributed by atoms with Crippen molar-refractivity contribution in [1.29, 1.82) is 5.26 Å². The first-order valence-corrected chi connectivity index (χ1v) is 8.07. The first-order chi connectivity index (χ1) is 9.94. The molecule has 0 spiro atoms. The van der Waals surface area contributed by atoms with Crippen molar-refractivity contribution in [2.75, 3.05) is 0 Å². The van der Waals surface area contributed by atoms with E-state index in [0.717, 1.165) is 5.56 Å². The number of nitrogens with zero attached hydrogens (tertiary/aromatic N) is 1. The van der Waals surface area contributed by atoms with Gasteiger partial charge in [-0.05, 0) is 36.8 Å². The summed E-state index contributed by atoms with van der Waals surface area (Å²) in [6.07, 6.45) is 0. The topological polar surface area (TPSA) is 70.0 Å². The Balaban J connectivity index is 2.32. The van der Waals surface area contributed by atoms with Crippen LogP contribution in [0.3, 0.4) is 0 Å². The molecule has 0 saturated carbocycles. The molecule has 0 saturated heterocycles. The Morgan fingerprint density at radius 3 is 2.57 bits per heavy atom. The Kier molecular flexibility index (Phi) is 4.63. The Bertz CT molecular complexity index is 797. The van der Waals surface area contributed by atoms with Crippen LogP contribution in [0.15, 0.2) is 53.4 Å². The van der Waals surface area contributed by atoms with Gasteiger partial charge in [0.15, 0.2) is 0 Å². The predicted octanol–water partition coefficient (Wildman–Crippen LogP) is 3.25. The van der Waals surface area contributed by atoms with E-state index in [0.29, 0.717) is 5.02 Å². The summed E-state index contributed by atoms with van der Waals surface area (Å²) in [7, 11) is -3.78. The lowest BCUT2D eigenvalue weighted by Crippen LogP contribution is -2.27. The molecule has 2 aromatic rings. The van der Waals surface area contributed by atoms with Crippen LogP contribution in [-0.2, 0) is 10.0 Å². The molecule has 2 aromatic carbocycles. The molecule has 1 atom stereocenters. The van der Waals surface area contributed by atoms with Gasteiger partial charge in [0.05, 0.1) is 10.5 Å². The summed E-state index contributed by atoms with van der Waals surface area (Å²) in [5.74, 6) is 0. The number of benzene rings is 2. The molecule has 0 aromatic heterocycles. The van der Waals surface area contributed by atoms with Crippen LogP contribution in [0.25, 0.3) is 0 Å². The normalized spacial score (nSPS) is 12.6. The maximum Gasteiger partial charge on any atom is 0.242 e. The standard InChI is InChI=1S/C15H13ClN2O2S/c1-11(12-6-4-7-14(16)9-12)18-21(19,20)15-8-3-2-5-13(15)10-17/h2-9,11,18H,1H3/t11-/m0/s1. The third-order valence-electron chi connectivity index (χ3n) is 2.98. The molecule has 2 rings (SSSR count). The smallest absolute Gasteiger partial charge is 0.207 e. The van der Waals surface area contributed by atoms with Crippen LogP contribution in [0.4, 0.5) is 0 Å². The molecule has 0 bridgehead atoms. The fraction of sp³-hybridized carbons (Fsp3) is 0.133. The molecule has 0 aliphatic heterocycles. The lowest BCUT2D eigenvalue weighted by atomic mass is 10.1. The van der Waals surface area contributed by atoms with Gasteiger partial charge in [-0.1, -0.05) is 35.9 Å². The highest BCUT2D eigenvalue weighted by Gasteiger charge is 2.21. The SMILES string of the molecule is C[C@H](NS(=O)(=O)c1ccccc1C#N)c1cccc(Cl)c1. The van der Waals surface area contributed by atoms with Crippen LogP contribution in [0, 0.1) is 11.3 Å². The van der Waals surface area contributed by atoms with E-state index in [1.807, 2.05) is 6.07 Å². The molecule has 0 fully saturated rings. The number of nitrogens with one attached hydrogen (secondary N) is 1. The summed E-state index contributed by atoms with van der Waals surface area (Å²) >= 11 is 5.90. The summed E-state index contributed by atoms with van der Waals surface area (Å²) in [4.78, 5) is -0.0265. The average molecular weight is 321 g/mol. The van der Waals surface area contributed by atoms with E-state index in [-0.39, 0.29) is 10.5 Å². The molecule has 0 radical (unpaired) electrons. The largest absolute Gasteiger partial charge is 0.242 e. The lowest BCUT2D eigenvalue weighted by Gasteiger charge is -2.15. The van der Waals surface area contributed by atoms with Crippen LogP contribution in [-0.4, -0.2) is 8.42 Å². The van der Waals surface area contributed by atoms with Crippen LogP contribution in [0.1, 0.15) is 24.1 Å². The quantitative estimate of drug-likeness (QED) is 0.940. The summed E-state index contributed by atoms with van der Waals surface area (Å²) in [6, 6.07) is 14.5. The number of halogens is 1. The van der Waals surface area contributed by atoms with Gasteiger partial charge in [-0.2, -0.15) is 5.26 Å². The van der Waals surface area contributed by atoms with Gasteiger partial charge < -0.3 is 0 Å². The highest BCUT2D eigenvalue weighted by Crippen LogP contribution is 2.21. The zero-order valence-corrected chi connectivity index (χ0v) is 12.8. The van der Waals surface area contributed by atoms with Crippen molar-refractivity contribution in [3.63, 3.8) is 0 Å². The van der Waals surface area contributed by atoms with Gasteiger partial charge in [-0.25, -0.2) is 13.1 Å². The third kappa shape index (κ3) is 3.61. The molecule has 0 aliphatic carbocycles. The van der Waals surface area contributed by atoms with E-state index in [4.69, 9.17) is 16.9 Å². The first kappa shape index (κ1) is 15.5. The monoisotopic (exact) mass is 320 g/mol. The third-order valence-corrected chi connectivity index (χ3v) is 4.81. The van der Waals surface area contributed by atoms with Crippen molar-refractivity contribution >= 4 is 21.6 Å². The second kappa shape index (κ2) is 6.27. The molecule has 1 N–H and O–H groups in total. The Morgan fingerprint density at radius 2 is 1.90 bits per heavy atom. The van der Waals surface area contributed by atoms with Crippen LogP contribution in [0.2, 0.25) is 5.02 Å². The van der Waals surface area contributed by atoms with E-state index >= 15 is 0 Å². The minimum Gasteiger partial charge on any atom is -0.207 e. The number of sulfonamides is 1. The minimum absolute atomic E-state index is 0.0265. The van der Waals surface area contributed by atoms with Crippen LogP contribution >= 0.6 is 11.6 Å². The van der Waals surface area contributed by atoms with E-state index in [9.17, 15) is 8.42 Å². The maximum absolute atomic E-state index is 12.4. The van der Waals surface area contributed by atoms with Crippen molar-refractivity contribution in [2.45, 2.75) is 17.9 Å². The molecule has 108 valence electrons. The molecule has 0 aliphatic rings. The molecule has 0 heterocycles. The number of rotatable bonds is 4. The van der Waals surface area contributed by atoms with Crippen molar-refractivity contribution in [2.24, 2.45) is 0 Å². The molecular formula is C15H13ClN2O2S. The molecule has 21 heavy (non-hydrogen) atoms. The van der Waals surface area contributed by atoms with E-state index in [1.165, 1.54) is 12.1 Å². The Hall–Kier alpha value is -1.87. The van der Waals surface area contributed by atoms with Gasteiger partial charge in [0.2, 0.25) is 10.0 Å². The van der Waals surface area contributed by atoms with E-state index in [2.05, 4.69) is 4.72 Å². The summed E-state index contributed by atoms with van der Waals surface area (Å²) in [5, 5.41) is 9.55. The zero-order valence-electron chi connectivity index (χ0n) is 11.2. The van der Waals surface area contributed by atoms with E-state index < -0.39 is 16.1 Å². The highest BCUT2D eigenvalue weighted by atomic mass is 35.5. The predicted molar refractivity (Wildman–Crippen MR) is 81.3 cm³/mol. The second-order valence-electron chi connectivity index (χ2n) is 4.51. The fourth-order valence-electron chi connectivity index (χ4n) is 1.93. The Labute approximate surface area is 129 Å². The summed E-state index contributed by atoms with van der Waals surface area (Å²) in [5.41, 5.74) is 0.865. The van der Waals surface area contributed by atoms with Crippen molar-refractivity contribution in [1.82, 2.24) is 4.72 Å². The first-order valence-electron chi connectivity index (χ1n) is 6.21. The lowest BCUT2D eigenvalue weighted by molar-refractivity contribution is 0.566. The zero-order chi connectivity index (χ0) is 15.5. The van der Waals surface area contributed by atoms with Gasteiger partial charge in [-0.15, -0.1) is 0 Å². The molecule has 0 unspecified atom stereocenters. The van der Waals surface area contributed by atoms with Crippen molar-refractivity contribution in [3.8, 4) is 6.07 Å². The van der Waals surface area contributed by atoms with Crippen molar-refractivity contribution < 1.29 is 8.42 Å². The second-order valence-corrected chi connectivity index (χ2v) is 6.62. The summed E-state index contributed by atoms with van der Waals surface area (Å²) in [6.45, 7) is 1.72. The molecule has 0 amide bonds. The molecular weight excluding hydrogens is 308 g/mol. The fourth-order valence-corrected chi connectivity index (χ4v) is 3.52. The Morgan fingerprint density at radius 1 is 1.19 bits per heavy atom. The number of nitriles is 1. The molecule has 4 nitrogen and oxygen atoms in total. The van der Waals surface area contributed by atoms with Crippen LogP contribution in [0.5, 0.6) is 0 Å². The minimum atomic E-state index is -3.78. The van der Waals surface area contributed by atoms with Gasteiger partial charge in [-0.3, -0.25) is 0 Å². The van der Waals surface area contributed by atoms with Gasteiger partial charge in [0, 0.05) is 11.1 Å². The van der Waals surface area contributed by atoms with Crippen molar-refractivity contribution in [3.05, 3.63) is 64.7 Å². The van der Waals surface area contributed by atoms with Gasteiger partial charge >= 0.3 is 0 Å². The van der Waals surface area contributed by atoms with Gasteiger partial charge in [0.1, 0.15) is 6.07 Å². The molecule has 6 heteroatoms. The number of hydrogen-bond donors (Lipinski definition) is 1. The van der Waals surface area contributed by atoms with Crippen LogP contribution < -0.4 is 4.72 Å². The number of hydrogen-bond acceptors (Lipinski definition) is 3. The summed E-state index contributed by atoms with van der Waals surface area (Å²) < 4.78 is 27.3.